The minimum absolute atomic E-state index is 0.0905. The molecule has 1 aliphatic heterocycles. The van der Waals surface area contributed by atoms with Crippen LogP contribution in [0.2, 0.25) is 0 Å². The maximum atomic E-state index is 12.6. The summed E-state index contributed by atoms with van der Waals surface area (Å²) in [6.07, 6.45) is 6.12. The molecule has 1 N–H and O–H groups in total. The molecule has 0 aliphatic carbocycles. The van der Waals surface area contributed by atoms with E-state index in [1.54, 1.807) is 18.6 Å². The van der Waals surface area contributed by atoms with Crippen molar-refractivity contribution >= 4 is 22.8 Å². The number of hydrogen-bond acceptors (Lipinski definition) is 6. The molecule has 3 atom stereocenters. The van der Waals surface area contributed by atoms with Crippen molar-refractivity contribution in [1.82, 2.24) is 25.2 Å². The minimum Gasteiger partial charge on any atom is -0.367 e. The number of carbonyl (C=O) groups excluding carboxylic acids is 1. The van der Waals surface area contributed by atoms with E-state index in [1.807, 2.05) is 24.9 Å². The first-order chi connectivity index (χ1) is 12.5. The number of anilines is 1. The lowest BCUT2D eigenvalue weighted by molar-refractivity contribution is -0.126. The van der Waals surface area contributed by atoms with Crippen LogP contribution in [-0.2, 0) is 4.79 Å². The van der Waals surface area contributed by atoms with E-state index in [1.165, 1.54) is 0 Å². The first-order valence-corrected chi connectivity index (χ1v) is 9.30. The molecule has 0 aromatic carbocycles. The Morgan fingerprint density at radius 3 is 2.81 bits per heavy atom. The summed E-state index contributed by atoms with van der Waals surface area (Å²) in [6, 6.07) is 1.98. The maximum Gasteiger partial charge on any atom is 0.237 e. The molecule has 0 unspecified atom stereocenters. The largest absolute Gasteiger partial charge is 0.367 e. The minimum atomic E-state index is -0.127. The molecule has 0 radical (unpaired) electrons. The number of carbonyl (C=O) groups is 1. The van der Waals surface area contributed by atoms with Crippen LogP contribution in [0.3, 0.4) is 0 Å². The van der Waals surface area contributed by atoms with Crippen molar-refractivity contribution < 1.29 is 4.79 Å². The summed E-state index contributed by atoms with van der Waals surface area (Å²) in [5.74, 6) is 0.570. The topological polar surface area (TPSA) is 74.2 Å². The van der Waals surface area contributed by atoms with Crippen molar-refractivity contribution in [2.45, 2.75) is 39.3 Å². The molecule has 0 saturated carbocycles. The van der Waals surface area contributed by atoms with Crippen LogP contribution in [0.25, 0.3) is 11.2 Å². The number of pyridine rings is 1. The van der Waals surface area contributed by atoms with Crippen LogP contribution in [0.15, 0.2) is 24.7 Å². The Hall–Kier alpha value is -2.28. The van der Waals surface area contributed by atoms with Crippen molar-refractivity contribution in [3.8, 4) is 0 Å². The molecule has 3 rings (SSSR count). The van der Waals surface area contributed by atoms with Gasteiger partial charge in [-0.25, -0.2) is 15.0 Å². The number of rotatable bonds is 5. The van der Waals surface area contributed by atoms with Crippen LogP contribution in [0.1, 0.15) is 27.2 Å². The molecular weight excluding hydrogens is 328 g/mol. The highest BCUT2D eigenvalue weighted by Gasteiger charge is 2.29. The van der Waals surface area contributed by atoms with Crippen LogP contribution >= 0.6 is 0 Å². The van der Waals surface area contributed by atoms with Gasteiger partial charge in [-0.1, -0.05) is 13.8 Å². The second-order valence-electron chi connectivity index (χ2n) is 7.26. The highest BCUT2D eigenvalue weighted by molar-refractivity contribution is 5.85. The summed E-state index contributed by atoms with van der Waals surface area (Å²) < 4.78 is 0. The second kappa shape index (κ2) is 7.95. The summed E-state index contributed by atoms with van der Waals surface area (Å²) in [4.78, 5) is 30.0. The van der Waals surface area contributed by atoms with Crippen molar-refractivity contribution in [3.63, 3.8) is 0 Å². The average molecular weight is 356 g/mol. The van der Waals surface area contributed by atoms with Gasteiger partial charge in [0.25, 0.3) is 0 Å². The van der Waals surface area contributed by atoms with Crippen molar-refractivity contribution in [1.29, 1.82) is 0 Å². The van der Waals surface area contributed by atoms with Gasteiger partial charge in [0.05, 0.1) is 11.7 Å². The molecule has 140 valence electrons. The Labute approximate surface area is 154 Å². The van der Waals surface area contributed by atoms with E-state index in [9.17, 15) is 4.79 Å². The Bertz CT molecular complexity index is 761. The molecule has 1 amide bonds. The lowest BCUT2D eigenvalue weighted by Crippen LogP contribution is -2.54. The third-order valence-corrected chi connectivity index (χ3v) is 5.24. The third-order valence-electron chi connectivity index (χ3n) is 5.24. The number of nitrogens with one attached hydrogen (secondary N) is 1. The zero-order chi connectivity index (χ0) is 18.7. The van der Waals surface area contributed by atoms with Gasteiger partial charge in [0.15, 0.2) is 5.65 Å². The number of amides is 1. The maximum absolute atomic E-state index is 12.6. The zero-order valence-corrected chi connectivity index (χ0v) is 16.0. The van der Waals surface area contributed by atoms with E-state index < -0.39 is 0 Å². The number of piperidine rings is 1. The fourth-order valence-electron chi connectivity index (χ4n) is 3.57. The fraction of sp³-hybridized carbons (Fsp3) is 0.579. The number of aromatic nitrogens is 3. The monoisotopic (exact) mass is 356 g/mol. The second-order valence-corrected chi connectivity index (χ2v) is 7.26. The molecule has 0 spiro atoms. The summed E-state index contributed by atoms with van der Waals surface area (Å²) in [7, 11) is 1.97. The van der Waals surface area contributed by atoms with Gasteiger partial charge in [0.2, 0.25) is 5.91 Å². The van der Waals surface area contributed by atoms with E-state index in [4.69, 9.17) is 0 Å². The number of hydrogen-bond donors (Lipinski definition) is 1. The van der Waals surface area contributed by atoms with E-state index in [2.05, 4.69) is 39.0 Å². The van der Waals surface area contributed by atoms with E-state index in [-0.39, 0.29) is 18.0 Å². The van der Waals surface area contributed by atoms with Gasteiger partial charge in [-0.3, -0.25) is 9.69 Å². The molecule has 1 fully saturated rings. The number of fused-ring (bicyclic) bond motifs is 1. The Balaban J connectivity index is 1.77. The molecule has 1 aliphatic rings. The number of nitrogens with zero attached hydrogens (tertiary/aromatic N) is 5. The van der Waals surface area contributed by atoms with Gasteiger partial charge in [-0.15, -0.1) is 0 Å². The first-order valence-electron chi connectivity index (χ1n) is 9.30. The fourth-order valence-corrected chi connectivity index (χ4v) is 3.57. The van der Waals surface area contributed by atoms with Gasteiger partial charge in [-0.05, 0) is 38.9 Å². The molecule has 7 heteroatoms. The van der Waals surface area contributed by atoms with Crippen molar-refractivity contribution in [2.24, 2.45) is 5.92 Å². The predicted octanol–water partition coefficient (Wildman–Crippen LogP) is 1.70. The first kappa shape index (κ1) is 18.5. The van der Waals surface area contributed by atoms with Gasteiger partial charge >= 0.3 is 0 Å². The third kappa shape index (κ3) is 3.93. The Morgan fingerprint density at radius 1 is 1.31 bits per heavy atom. The summed E-state index contributed by atoms with van der Waals surface area (Å²) >= 11 is 0. The molecule has 7 nitrogen and oxygen atoms in total. The van der Waals surface area contributed by atoms with Crippen LogP contribution in [0.4, 0.5) is 5.69 Å². The standard InChI is InChI=1S/C19H28N6O/c1-5-24(4)14(3)19(26)23-15-10-13(2)11-25(12-15)16-6-7-21-18-17(16)20-8-9-22-18/h6-9,13-15H,5,10-12H2,1-4H3,(H,23,26)/t13-,14-,15+/m0/s1. The molecule has 3 heterocycles. The molecule has 0 bridgehead atoms. The summed E-state index contributed by atoms with van der Waals surface area (Å²) in [5, 5.41) is 3.24. The lowest BCUT2D eigenvalue weighted by Gasteiger charge is -2.39. The highest BCUT2D eigenvalue weighted by Crippen LogP contribution is 2.27. The smallest absolute Gasteiger partial charge is 0.237 e. The lowest BCUT2D eigenvalue weighted by atomic mass is 9.95. The molecular formula is C19H28N6O. The number of likely N-dealkylation sites (N-methyl/N-ethyl adjacent to an activating group) is 1. The highest BCUT2D eigenvalue weighted by atomic mass is 16.2. The van der Waals surface area contributed by atoms with Gasteiger partial charge in [0.1, 0.15) is 5.52 Å². The van der Waals surface area contributed by atoms with Crippen LogP contribution in [-0.4, -0.2) is 64.5 Å². The van der Waals surface area contributed by atoms with Crippen LogP contribution in [0.5, 0.6) is 0 Å². The summed E-state index contributed by atoms with van der Waals surface area (Å²) in [5.41, 5.74) is 2.50. The van der Waals surface area contributed by atoms with Crippen molar-refractivity contribution in [2.75, 3.05) is 31.6 Å². The van der Waals surface area contributed by atoms with Crippen molar-refractivity contribution in [3.05, 3.63) is 24.7 Å². The van der Waals surface area contributed by atoms with Gasteiger partial charge < -0.3 is 10.2 Å². The van der Waals surface area contributed by atoms with E-state index in [0.29, 0.717) is 11.6 Å². The molecule has 2 aromatic rings. The van der Waals surface area contributed by atoms with Gasteiger partial charge in [-0.2, -0.15) is 0 Å². The molecule has 1 saturated heterocycles. The average Bonchev–Trinajstić information content (AvgIpc) is 2.65. The quantitative estimate of drug-likeness (QED) is 0.879. The van der Waals surface area contributed by atoms with E-state index in [0.717, 1.165) is 37.3 Å². The summed E-state index contributed by atoms with van der Waals surface area (Å²) in [6.45, 7) is 8.80. The SMILES string of the molecule is CCN(C)[C@@H](C)C(=O)N[C@@H]1C[C@H](C)CN(c2ccnc3nccnc23)C1. The normalized spacial score (nSPS) is 21.8. The molecule has 2 aromatic heterocycles. The van der Waals surface area contributed by atoms with Crippen LogP contribution < -0.4 is 10.2 Å². The van der Waals surface area contributed by atoms with Crippen LogP contribution in [0, 0.1) is 5.92 Å². The predicted molar refractivity (Wildman–Crippen MR) is 103 cm³/mol. The van der Waals surface area contributed by atoms with Gasteiger partial charge in [0, 0.05) is 37.7 Å². The Kier molecular flexibility index (Phi) is 5.66. The Morgan fingerprint density at radius 2 is 2.04 bits per heavy atom. The molecule has 26 heavy (non-hydrogen) atoms. The zero-order valence-electron chi connectivity index (χ0n) is 16.0. The van der Waals surface area contributed by atoms with E-state index >= 15 is 0 Å².